The molecule has 1 aromatic heterocycles. The number of carboxylic acids is 1. The van der Waals surface area contributed by atoms with Gasteiger partial charge in [0.05, 0.1) is 11.0 Å². The lowest BCUT2D eigenvalue weighted by atomic mass is 10.1. The maximum atomic E-state index is 11.2. The van der Waals surface area contributed by atoms with Gasteiger partial charge in [0.25, 0.3) is 0 Å². The van der Waals surface area contributed by atoms with Gasteiger partial charge in [-0.1, -0.05) is 12.1 Å². The molecule has 0 radical (unpaired) electrons. The number of fused-ring (bicyclic) bond motifs is 1. The summed E-state index contributed by atoms with van der Waals surface area (Å²) in [4.78, 5) is 17.0. The lowest BCUT2D eigenvalue weighted by molar-refractivity contribution is -0.136. The van der Waals surface area contributed by atoms with Gasteiger partial charge in [-0.05, 0) is 54.8 Å². The van der Waals surface area contributed by atoms with Crippen molar-refractivity contribution in [3.63, 3.8) is 0 Å². The third-order valence-corrected chi connectivity index (χ3v) is 6.12. The number of aliphatic carboxylic acids is 1. The first-order chi connectivity index (χ1) is 13.0. The van der Waals surface area contributed by atoms with Gasteiger partial charge in [0.1, 0.15) is 23.4 Å². The summed E-state index contributed by atoms with van der Waals surface area (Å²) in [5.74, 6) is 0.821. The van der Waals surface area contributed by atoms with E-state index in [2.05, 4.69) is 27.9 Å². The molecule has 0 aliphatic rings. The van der Waals surface area contributed by atoms with E-state index in [9.17, 15) is 4.79 Å². The Labute approximate surface area is 179 Å². The molecule has 3 rings (SSSR count). The second kappa shape index (κ2) is 10.1. The number of hydrogen-bond acceptors (Lipinski definition) is 5. The van der Waals surface area contributed by atoms with Crippen LogP contribution in [0.15, 0.2) is 47.4 Å². The van der Waals surface area contributed by atoms with Crippen LogP contribution < -0.4 is 4.74 Å². The number of benzene rings is 2. The molecular formula is C20H23ClN2O3S2. The average molecular weight is 439 g/mol. The fourth-order valence-electron chi connectivity index (χ4n) is 2.83. The summed E-state index contributed by atoms with van der Waals surface area (Å²) in [7, 11) is 2.00. The van der Waals surface area contributed by atoms with E-state index in [1.165, 1.54) is 16.7 Å². The zero-order valence-electron chi connectivity index (χ0n) is 15.9. The molecule has 1 atom stereocenters. The SMILES string of the molecule is CSc1ccc2nc(COc3ccc(CC(SC)C(=O)O)cc3)n(C)c2c1.Cl. The highest BCUT2D eigenvalue weighted by Crippen LogP contribution is 2.23. The van der Waals surface area contributed by atoms with E-state index in [4.69, 9.17) is 9.84 Å². The molecule has 0 aliphatic carbocycles. The number of rotatable bonds is 8. The van der Waals surface area contributed by atoms with Crippen molar-refractivity contribution in [1.29, 1.82) is 0 Å². The third kappa shape index (κ3) is 5.16. The van der Waals surface area contributed by atoms with Gasteiger partial charge in [-0.15, -0.1) is 35.9 Å². The monoisotopic (exact) mass is 438 g/mol. The van der Waals surface area contributed by atoms with Crippen molar-refractivity contribution < 1.29 is 14.6 Å². The van der Waals surface area contributed by atoms with Gasteiger partial charge >= 0.3 is 5.97 Å². The fourth-order valence-corrected chi connectivity index (χ4v) is 3.83. The predicted molar refractivity (Wildman–Crippen MR) is 119 cm³/mol. The Balaban J connectivity index is 0.00000280. The van der Waals surface area contributed by atoms with Crippen LogP contribution in [0, 0.1) is 0 Å². The molecule has 1 unspecified atom stereocenters. The van der Waals surface area contributed by atoms with Crippen LogP contribution in [0.5, 0.6) is 5.75 Å². The minimum Gasteiger partial charge on any atom is -0.486 e. The predicted octanol–water partition coefficient (Wildman–Crippen LogP) is 4.65. The van der Waals surface area contributed by atoms with E-state index in [1.54, 1.807) is 11.8 Å². The second-order valence-corrected chi connectivity index (χ2v) is 8.06. The van der Waals surface area contributed by atoms with Gasteiger partial charge in [-0.2, -0.15) is 0 Å². The molecular weight excluding hydrogens is 416 g/mol. The number of carbonyl (C=O) groups is 1. The summed E-state index contributed by atoms with van der Waals surface area (Å²) in [6.45, 7) is 0.377. The van der Waals surface area contributed by atoms with Crippen molar-refractivity contribution in [3.8, 4) is 5.75 Å². The first-order valence-electron chi connectivity index (χ1n) is 8.48. The summed E-state index contributed by atoms with van der Waals surface area (Å²) < 4.78 is 7.94. The van der Waals surface area contributed by atoms with Crippen molar-refractivity contribution in [3.05, 3.63) is 53.9 Å². The molecule has 1 N–H and O–H groups in total. The summed E-state index contributed by atoms with van der Waals surface area (Å²) in [6.07, 6.45) is 4.37. The molecule has 3 aromatic rings. The second-order valence-electron chi connectivity index (χ2n) is 6.14. The van der Waals surface area contributed by atoms with Crippen LogP contribution in [-0.4, -0.2) is 38.4 Å². The van der Waals surface area contributed by atoms with Gasteiger partial charge in [-0.3, -0.25) is 4.79 Å². The molecule has 0 bridgehead atoms. The molecule has 0 saturated carbocycles. The molecule has 150 valence electrons. The van der Waals surface area contributed by atoms with Crippen LogP contribution in [0.25, 0.3) is 11.0 Å². The molecule has 0 aliphatic heterocycles. The number of hydrogen-bond donors (Lipinski definition) is 1. The lowest BCUT2D eigenvalue weighted by Gasteiger charge is -2.10. The normalized spacial score (nSPS) is 11.8. The molecule has 0 amide bonds. The molecule has 1 heterocycles. The van der Waals surface area contributed by atoms with E-state index < -0.39 is 11.2 Å². The summed E-state index contributed by atoms with van der Waals surface area (Å²) in [5.41, 5.74) is 3.03. The fraction of sp³-hybridized carbons (Fsp3) is 0.300. The van der Waals surface area contributed by atoms with Crippen LogP contribution in [0.3, 0.4) is 0 Å². The van der Waals surface area contributed by atoms with E-state index in [-0.39, 0.29) is 12.4 Å². The number of imidazole rings is 1. The van der Waals surface area contributed by atoms with Gasteiger partial charge in [0.2, 0.25) is 0 Å². The molecule has 0 saturated heterocycles. The highest BCUT2D eigenvalue weighted by atomic mass is 35.5. The number of carboxylic acid groups (broad SMARTS) is 1. The first-order valence-corrected chi connectivity index (χ1v) is 11.0. The maximum absolute atomic E-state index is 11.2. The quantitative estimate of drug-likeness (QED) is 0.516. The summed E-state index contributed by atoms with van der Waals surface area (Å²) in [6, 6.07) is 13.8. The van der Waals surface area contributed by atoms with Crippen LogP contribution >= 0.6 is 35.9 Å². The van der Waals surface area contributed by atoms with Gasteiger partial charge in [0.15, 0.2) is 0 Å². The topological polar surface area (TPSA) is 64.3 Å². The Hall–Kier alpha value is -1.83. The largest absolute Gasteiger partial charge is 0.486 e. The zero-order valence-corrected chi connectivity index (χ0v) is 18.4. The number of aryl methyl sites for hydroxylation is 1. The van der Waals surface area contributed by atoms with Crippen molar-refractivity contribution in [2.75, 3.05) is 12.5 Å². The van der Waals surface area contributed by atoms with Crippen LogP contribution in [0.2, 0.25) is 0 Å². The molecule has 2 aromatic carbocycles. The Bertz CT molecular complexity index is 945. The number of aromatic nitrogens is 2. The minimum atomic E-state index is -0.783. The lowest BCUT2D eigenvalue weighted by Crippen LogP contribution is -2.18. The van der Waals surface area contributed by atoms with Gasteiger partial charge in [0, 0.05) is 11.9 Å². The Morgan fingerprint density at radius 1 is 1.21 bits per heavy atom. The van der Waals surface area contributed by atoms with Crippen LogP contribution in [-0.2, 0) is 24.9 Å². The van der Waals surface area contributed by atoms with Crippen LogP contribution in [0.1, 0.15) is 11.4 Å². The maximum Gasteiger partial charge on any atom is 0.316 e. The van der Waals surface area contributed by atoms with Gasteiger partial charge < -0.3 is 14.4 Å². The first kappa shape index (κ1) is 22.5. The van der Waals surface area contributed by atoms with Crippen molar-refractivity contribution in [2.24, 2.45) is 7.05 Å². The van der Waals surface area contributed by atoms with E-state index >= 15 is 0 Å². The zero-order chi connectivity index (χ0) is 19.4. The van der Waals surface area contributed by atoms with E-state index in [0.717, 1.165) is 28.2 Å². The number of halogens is 1. The number of thioether (sulfide) groups is 2. The Morgan fingerprint density at radius 3 is 2.54 bits per heavy atom. The van der Waals surface area contributed by atoms with Crippen molar-refractivity contribution >= 4 is 52.9 Å². The molecule has 5 nitrogen and oxygen atoms in total. The van der Waals surface area contributed by atoms with E-state index in [0.29, 0.717) is 13.0 Å². The Kier molecular flexibility index (Phi) is 8.10. The van der Waals surface area contributed by atoms with Gasteiger partial charge in [-0.25, -0.2) is 4.98 Å². The summed E-state index contributed by atoms with van der Waals surface area (Å²) in [5, 5.41) is 8.73. The number of ether oxygens (including phenoxy) is 1. The highest BCUT2D eigenvalue weighted by molar-refractivity contribution is 7.99. The molecule has 0 fully saturated rings. The van der Waals surface area contributed by atoms with Crippen LogP contribution in [0.4, 0.5) is 0 Å². The van der Waals surface area contributed by atoms with Crippen molar-refractivity contribution in [2.45, 2.75) is 23.2 Å². The molecule has 28 heavy (non-hydrogen) atoms. The standard InChI is InChI=1S/C20H22N2O3S2.ClH/c1-22-17-11-15(26-2)8-9-16(17)21-19(22)12-25-14-6-4-13(5-7-14)10-18(27-3)20(23)24;/h4-9,11,18H,10,12H2,1-3H3,(H,23,24);1H. The smallest absolute Gasteiger partial charge is 0.316 e. The van der Waals surface area contributed by atoms with E-state index in [1.807, 2.05) is 43.6 Å². The van der Waals surface area contributed by atoms with Crippen molar-refractivity contribution in [1.82, 2.24) is 9.55 Å². The minimum absolute atomic E-state index is 0. The molecule has 0 spiro atoms. The number of nitrogens with zero attached hydrogens (tertiary/aromatic N) is 2. The summed E-state index contributed by atoms with van der Waals surface area (Å²) >= 11 is 3.06. The average Bonchev–Trinajstić information content (AvgIpc) is 3.00. The highest BCUT2D eigenvalue weighted by Gasteiger charge is 2.16. The third-order valence-electron chi connectivity index (χ3n) is 4.45. The molecule has 8 heteroatoms. The Morgan fingerprint density at radius 2 is 1.93 bits per heavy atom.